The summed E-state index contributed by atoms with van der Waals surface area (Å²) in [6.45, 7) is 6.03. The van der Waals surface area contributed by atoms with E-state index in [0.29, 0.717) is 17.9 Å². The fraction of sp³-hybridized carbons (Fsp3) is 0.632. The molecule has 4 nitrogen and oxygen atoms in total. The lowest BCUT2D eigenvalue weighted by Gasteiger charge is -2.47. The second kappa shape index (κ2) is 5.52. The SMILES string of the molecule is CC(C)NC(=O)C1CC2c3cccc4c3C(CN4)CC2N(C)C1. The molecule has 0 bridgehead atoms. The standard InChI is InChI=1S/C19H27N3O/c1-11(2)21-19(23)13-7-15-14-5-4-6-16-18(14)12(9-20-16)8-17(15)22(3)10-13/h4-6,11-13,15,17,20H,7-10H2,1-3H3,(H,21,23). The van der Waals surface area contributed by atoms with Gasteiger partial charge in [0.25, 0.3) is 0 Å². The van der Waals surface area contributed by atoms with E-state index >= 15 is 0 Å². The molecular formula is C19H27N3O. The molecule has 0 radical (unpaired) electrons. The summed E-state index contributed by atoms with van der Waals surface area (Å²) in [5, 5.41) is 6.68. The summed E-state index contributed by atoms with van der Waals surface area (Å²) in [7, 11) is 2.20. The van der Waals surface area contributed by atoms with Crippen molar-refractivity contribution in [1.82, 2.24) is 10.2 Å². The number of hydrogen-bond acceptors (Lipinski definition) is 3. The molecule has 23 heavy (non-hydrogen) atoms. The lowest BCUT2D eigenvalue weighted by molar-refractivity contribution is -0.128. The van der Waals surface area contributed by atoms with Gasteiger partial charge in [0, 0.05) is 42.7 Å². The molecular weight excluding hydrogens is 286 g/mol. The van der Waals surface area contributed by atoms with Crippen LogP contribution in [-0.2, 0) is 4.79 Å². The van der Waals surface area contributed by atoms with Gasteiger partial charge in [-0.1, -0.05) is 12.1 Å². The molecule has 4 heteroatoms. The zero-order chi connectivity index (χ0) is 16.1. The Labute approximate surface area is 138 Å². The van der Waals surface area contributed by atoms with E-state index in [2.05, 4.69) is 40.8 Å². The monoisotopic (exact) mass is 313 g/mol. The quantitative estimate of drug-likeness (QED) is 0.882. The van der Waals surface area contributed by atoms with Crippen molar-refractivity contribution in [3.8, 4) is 0 Å². The highest BCUT2D eigenvalue weighted by molar-refractivity contribution is 5.79. The highest BCUT2D eigenvalue weighted by Gasteiger charge is 2.45. The Morgan fingerprint density at radius 1 is 1.35 bits per heavy atom. The average molecular weight is 313 g/mol. The van der Waals surface area contributed by atoms with Crippen LogP contribution in [0.5, 0.6) is 0 Å². The van der Waals surface area contributed by atoms with Gasteiger partial charge in [-0.3, -0.25) is 4.79 Å². The lowest BCUT2D eigenvalue weighted by Crippen LogP contribution is -2.52. The lowest BCUT2D eigenvalue weighted by atomic mass is 9.68. The Kier molecular flexibility index (Phi) is 3.60. The first-order valence-corrected chi connectivity index (χ1v) is 8.92. The van der Waals surface area contributed by atoms with Gasteiger partial charge in [0.05, 0.1) is 5.92 Å². The van der Waals surface area contributed by atoms with Gasteiger partial charge in [-0.15, -0.1) is 0 Å². The summed E-state index contributed by atoms with van der Waals surface area (Å²) >= 11 is 0. The molecule has 2 N–H and O–H groups in total. The van der Waals surface area contributed by atoms with Gasteiger partial charge in [-0.05, 0) is 50.9 Å². The van der Waals surface area contributed by atoms with Crippen LogP contribution in [0.4, 0.5) is 5.69 Å². The minimum Gasteiger partial charge on any atom is -0.384 e. The summed E-state index contributed by atoms with van der Waals surface area (Å²) < 4.78 is 0. The minimum absolute atomic E-state index is 0.102. The Hall–Kier alpha value is -1.55. The maximum atomic E-state index is 12.5. The fourth-order valence-corrected chi connectivity index (χ4v) is 4.94. The Morgan fingerprint density at radius 3 is 2.96 bits per heavy atom. The van der Waals surface area contributed by atoms with Gasteiger partial charge in [-0.25, -0.2) is 0 Å². The molecule has 124 valence electrons. The van der Waals surface area contributed by atoms with Gasteiger partial charge in [0.1, 0.15) is 0 Å². The van der Waals surface area contributed by atoms with Gasteiger partial charge in [0.15, 0.2) is 0 Å². The largest absolute Gasteiger partial charge is 0.384 e. The first kappa shape index (κ1) is 15.0. The van der Waals surface area contributed by atoms with Crippen LogP contribution < -0.4 is 10.6 Å². The number of nitrogens with one attached hydrogen (secondary N) is 2. The fourth-order valence-electron chi connectivity index (χ4n) is 4.94. The van der Waals surface area contributed by atoms with E-state index in [9.17, 15) is 4.79 Å². The molecule has 2 heterocycles. The number of carbonyl (C=O) groups is 1. The van der Waals surface area contributed by atoms with Crippen LogP contribution in [0.3, 0.4) is 0 Å². The first-order valence-electron chi connectivity index (χ1n) is 8.92. The van der Waals surface area contributed by atoms with Crippen LogP contribution in [0.15, 0.2) is 18.2 Å². The third-order valence-corrected chi connectivity index (χ3v) is 5.89. The molecule has 2 aliphatic heterocycles. The van der Waals surface area contributed by atoms with Crippen molar-refractivity contribution in [1.29, 1.82) is 0 Å². The van der Waals surface area contributed by atoms with Crippen molar-refractivity contribution in [2.45, 2.75) is 50.6 Å². The number of rotatable bonds is 2. The van der Waals surface area contributed by atoms with Crippen molar-refractivity contribution >= 4 is 11.6 Å². The molecule has 3 aliphatic rings. The van der Waals surface area contributed by atoms with Crippen LogP contribution in [0.25, 0.3) is 0 Å². The van der Waals surface area contributed by atoms with Crippen LogP contribution in [-0.4, -0.2) is 43.0 Å². The van der Waals surface area contributed by atoms with Crippen LogP contribution in [0, 0.1) is 5.92 Å². The minimum atomic E-state index is 0.102. The van der Waals surface area contributed by atoms with Crippen molar-refractivity contribution in [3.63, 3.8) is 0 Å². The number of piperidine rings is 1. The molecule has 0 aromatic heterocycles. The van der Waals surface area contributed by atoms with E-state index in [1.54, 1.807) is 0 Å². The number of nitrogens with zero attached hydrogens (tertiary/aromatic N) is 1. The van der Waals surface area contributed by atoms with E-state index in [4.69, 9.17) is 0 Å². The second-order valence-corrected chi connectivity index (χ2v) is 7.83. The van der Waals surface area contributed by atoms with E-state index in [-0.39, 0.29) is 17.9 Å². The van der Waals surface area contributed by atoms with Crippen LogP contribution in [0.2, 0.25) is 0 Å². The highest BCUT2D eigenvalue weighted by atomic mass is 16.2. The number of amides is 1. The van der Waals surface area contributed by atoms with Crippen LogP contribution >= 0.6 is 0 Å². The van der Waals surface area contributed by atoms with E-state index in [1.807, 2.05) is 13.8 Å². The van der Waals surface area contributed by atoms with E-state index in [0.717, 1.165) is 19.5 Å². The maximum absolute atomic E-state index is 12.5. The average Bonchev–Trinajstić information content (AvgIpc) is 2.92. The summed E-state index contributed by atoms with van der Waals surface area (Å²) in [5.41, 5.74) is 4.34. The molecule has 1 aromatic carbocycles. The molecule has 1 aromatic rings. The zero-order valence-corrected chi connectivity index (χ0v) is 14.3. The van der Waals surface area contributed by atoms with E-state index < -0.39 is 0 Å². The summed E-state index contributed by atoms with van der Waals surface area (Å²) in [6, 6.07) is 7.46. The van der Waals surface area contributed by atoms with E-state index in [1.165, 1.54) is 23.2 Å². The molecule has 0 saturated carbocycles. The van der Waals surface area contributed by atoms with Crippen molar-refractivity contribution < 1.29 is 4.79 Å². The molecule has 4 atom stereocenters. The number of hydrogen-bond donors (Lipinski definition) is 2. The number of likely N-dealkylation sites (tertiary alicyclic amines) is 1. The third-order valence-electron chi connectivity index (χ3n) is 5.89. The normalized spacial score (nSPS) is 32.2. The molecule has 1 amide bonds. The topological polar surface area (TPSA) is 44.4 Å². The number of benzene rings is 1. The zero-order valence-electron chi connectivity index (χ0n) is 14.3. The summed E-state index contributed by atoms with van der Waals surface area (Å²) in [5.74, 6) is 1.46. The van der Waals surface area contributed by atoms with Crippen LogP contribution in [0.1, 0.15) is 49.7 Å². The van der Waals surface area contributed by atoms with Crippen molar-refractivity contribution in [3.05, 3.63) is 29.3 Å². The van der Waals surface area contributed by atoms with Gasteiger partial charge in [-0.2, -0.15) is 0 Å². The predicted octanol–water partition coefficient (Wildman–Crippen LogP) is 2.53. The number of carbonyl (C=O) groups excluding carboxylic acids is 1. The Morgan fingerprint density at radius 2 is 2.17 bits per heavy atom. The predicted molar refractivity (Wildman–Crippen MR) is 92.8 cm³/mol. The molecule has 1 aliphatic carbocycles. The van der Waals surface area contributed by atoms with Gasteiger partial charge in [0.2, 0.25) is 5.91 Å². The molecule has 1 saturated heterocycles. The smallest absolute Gasteiger partial charge is 0.224 e. The molecule has 4 rings (SSSR count). The number of fused-ring (bicyclic) bond motifs is 2. The molecule has 1 fully saturated rings. The Balaban J connectivity index is 1.65. The van der Waals surface area contributed by atoms with Gasteiger partial charge >= 0.3 is 0 Å². The number of anilines is 1. The summed E-state index contributed by atoms with van der Waals surface area (Å²) in [6.07, 6.45) is 2.20. The maximum Gasteiger partial charge on any atom is 0.224 e. The highest BCUT2D eigenvalue weighted by Crippen LogP contribution is 2.50. The van der Waals surface area contributed by atoms with Crippen molar-refractivity contribution in [2.24, 2.45) is 5.92 Å². The summed E-state index contributed by atoms with van der Waals surface area (Å²) in [4.78, 5) is 15.0. The Bertz CT molecular complexity index is 627. The number of likely N-dealkylation sites (N-methyl/N-ethyl adjacent to an activating group) is 1. The second-order valence-electron chi connectivity index (χ2n) is 7.83. The van der Waals surface area contributed by atoms with Gasteiger partial charge < -0.3 is 15.5 Å². The third kappa shape index (κ3) is 2.44. The van der Waals surface area contributed by atoms with Crippen molar-refractivity contribution in [2.75, 3.05) is 25.5 Å². The molecule has 0 spiro atoms. The molecule has 4 unspecified atom stereocenters. The first-order chi connectivity index (χ1) is 11.0.